The number of carbonyl (C=O) groups excluding carboxylic acids is 3. The minimum absolute atomic E-state index is 0.144. The molecule has 2 amide bonds. The van der Waals surface area contributed by atoms with Crippen molar-refractivity contribution in [1.29, 1.82) is 0 Å². The van der Waals surface area contributed by atoms with Crippen LogP contribution in [0.4, 0.5) is 10.5 Å². The number of amides is 2. The van der Waals surface area contributed by atoms with E-state index in [-0.39, 0.29) is 49.4 Å². The number of nitrogens with zero attached hydrogens (tertiary/aromatic N) is 1. The van der Waals surface area contributed by atoms with E-state index in [9.17, 15) is 19.5 Å². The predicted octanol–water partition coefficient (Wildman–Crippen LogP) is 4.71. The largest absolute Gasteiger partial charge is 0.493 e. The number of rotatable bonds is 13. The summed E-state index contributed by atoms with van der Waals surface area (Å²) in [6.07, 6.45) is 2.80. The maximum atomic E-state index is 13.3. The Kier molecular flexibility index (Phi) is 12.9. The Morgan fingerprint density at radius 2 is 1.89 bits per heavy atom. The van der Waals surface area contributed by atoms with Gasteiger partial charge in [0.05, 0.1) is 44.2 Å². The highest BCUT2D eigenvalue weighted by Gasteiger charge is 2.31. The molecule has 1 fully saturated rings. The zero-order chi connectivity index (χ0) is 27.4. The molecule has 1 saturated heterocycles. The second kappa shape index (κ2) is 15.3. The molecule has 1 aliphatic rings. The minimum atomic E-state index is -1.64. The fraction of sp³-hybridized carbons (Fsp3) is 0.625. The van der Waals surface area contributed by atoms with Gasteiger partial charge in [-0.15, -0.1) is 0 Å². The third-order valence-electron chi connectivity index (χ3n) is 5.57. The summed E-state index contributed by atoms with van der Waals surface area (Å²) in [4.78, 5) is 38.7. The van der Waals surface area contributed by atoms with E-state index in [0.717, 1.165) is 6.42 Å². The lowest BCUT2D eigenvalue weighted by Gasteiger charge is -2.25. The van der Waals surface area contributed by atoms with Crippen molar-refractivity contribution < 1.29 is 38.4 Å². The third kappa shape index (κ3) is 10.3. The van der Waals surface area contributed by atoms with E-state index in [1.165, 1.54) is 19.2 Å². The number of halogens is 3. The van der Waals surface area contributed by atoms with Crippen LogP contribution in [0.25, 0.3) is 0 Å². The van der Waals surface area contributed by atoms with Gasteiger partial charge in [0.2, 0.25) is 3.79 Å². The summed E-state index contributed by atoms with van der Waals surface area (Å²) in [7, 11) is 1.45. The number of hydrogen-bond donors (Lipinski definition) is 2. The van der Waals surface area contributed by atoms with Crippen LogP contribution in [0.1, 0.15) is 55.8 Å². The van der Waals surface area contributed by atoms with Crippen molar-refractivity contribution in [2.45, 2.75) is 55.3 Å². The van der Waals surface area contributed by atoms with Crippen molar-refractivity contribution in [2.75, 3.05) is 45.4 Å². The first-order valence-electron chi connectivity index (χ1n) is 12.0. The van der Waals surface area contributed by atoms with Gasteiger partial charge < -0.3 is 29.0 Å². The van der Waals surface area contributed by atoms with Crippen molar-refractivity contribution in [3.8, 4) is 11.5 Å². The van der Waals surface area contributed by atoms with Crippen molar-refractivity contribution in [2.24, 2.45) is 0 Å². The molecular weight excluding hydrogens is 551 g/mol. The molecule has 1 heterocycles. The molecule has 0 aliphatic carbocycles. The summed E-state index contributed by atoms with van der Waals surface area (Å²) in [5.41, 5.74) is 0.408. The number of aliphatic hydroxyl groups is 1. The third-order valence-corrected chi connectivity index (χ3v) is 5.90. The number of unbranched alkanes of at least 4 members (excludes halogenated alkanes) is 2. The highest BCUT2D eigenvalue weighted by Crippen LogP contribution is 2.36. The number of likely N-dealkylation sites (tertiary alicyclic amines) is 1. The van der Waals surface area contributed by atoms with E-state index in [0.29, 0.717) is 50.3 Å². The Hall–Kier alpha value is -2.14. The fourth-order valence-electron chi connectivity index (χ4n) is 3.80. The summed E-state index contributed by atoms with van der Waals surface area (Å²) in [5, 5.41) is 12.2. The molecule has 0 radical (unpaired) electrons. The predicted molar refractivity (Wildman–Crippen MR) is 140 cm³/mol. The average Bonchev–Trinajstić information content (AvgIpc) is 3.33. The molecule has 2 N–H and O–H groups in total. The van der Waals surface area contributed by atoms with Crippen LogP contribution in [0.3, 0.4) is 0 Å². The van der Waals surface area contributed by atoms with E-state index >= 15 is 0 Å². The molecule has 208 valence electrons. The summed E-state index contributed by atoms with van der Waals surface area (Å²) in [5.74, 6) is -0.152. The fourth-order valence-corrected chi connectivity index (χ4v) is 3.97. The van der Waals surface area contributed by atoms with Gasteiger partial charge in [-0.05, 0) is 45.1 Å². The van der Waals surface area contributed by atoms with Gasteiger partial charge in [0.25, 0.3) is 5.91 Å². The summed E-state index contributed by atoms with van der Waals surface area (Å²) >= 11 is 16.7. The van der Waals surface area contributed by atoms with Crippen LogP contribution in [0.2, 0.25) is 0 Å². The molecule has 37 heavy (non-hydrogen) atoms. The van der Waals surface area contributed by atoms with Crippen molar-refractivity contribution in [3.63, 3.8) is 0 Å². The molecule has 1 aliphatic heterocycles. The number of benzene rings is 1. The Bertz CT molecular complexity index is 926. The highest BCUT2D eigenvalue weighted by molar-refractivity contribution is 6.67. The molecule has 10 nitrogen and oxygen atoms in total. The first kappa shape index (κ1) is 31.1. The number of aliphatic hydroxyl groups excluding tert-OH is 1. The van der Waals surface area contributed by atoms with E-state index in [4.69, 9.17) is 53.8 Å². The molecule has 1 aromatic rings. The molecule has 0 aromatic heterocycles. The molecule has 0 bridgehead atoms. The number of methoxy groups -OCH3 is 1. The first-order valence-corrected chi connectivity index (χ1v) is 13.2. The van der Waals surface area contributed by atoms with Crippen LogP contribution >= 0.6 is 34.8 Å². The quantitative estimate of drug-likeness (QED) is 0.194. The molecule has 0 unspecified atom stereocenters. The van der Waals surface area contributed by atoms with Crippen LogP contribution in [-0.2, 0) is 14.3 Å². The zero-order valence-electron chi connectivity index (χ0n) is 20.9. The summed E-state index contributed by atoms with van der Waals surface area (Å²) in [6.45, 7) is 2.18. The van der Waals surface area contributed by atoms with E-state index in [1.807, 2.05) is 0 Å². The van der Waals surface area contributed by atoms with E-state index in [2.05, 4.69) is 5.32 Å². The monoisotopic (exact) mass is 582 g/mol. The second-order valence-corrected chi connectivity index (χ2v) is 10.8. The number of hydrogen-bond acceptors (Lipinski definition) is 8. The molecule has 0 spiro atoms. The van der Waals surface area contributed by atoms with Crippen LogP contribution in [0.5, 0.6) is 11.5 Å². The van der Waals surface area contributed by atoms with Gasteiger partial charge in [0, 0.05) is 19.0 Å². The normalized spacial score (nSPS) is 15.3. The van der Waals surface area contributed by atoms with Crippen LogP contribution in [-0.4, -0.2) is 77.9 Å². The first-order chi connectivity index (χ1) is 17.6. The molecule has 0 saturated carbocycles. The van der Waals surface area contributed by atoms with E-state index in [1.54, 1.807) is 11.8 Å². The van der Waals surface area contributed by atoms with Gasteiger partial charge in [-0.1, -0.05) is 34.8 Å². The Balaban J connectivity index is 2.04. The number of ether oxygens (including phenoxy) is 4. The lowest BCUT2D eigenvalue weighted by molar-refractivity contribution is -0.143. The van der Waals surface area contributed by atoms with Crippen molar-refractivity contribution in [1.82, 2.24) is 4.90 Å². The molecule has 13 heteroatoms. The number of nitrogens with one attached hydrogen (secondary N) is 1. The lowest BCUT2D eigenvalue weighted by Crippen LogP contribution is -2.38. The van der Waals surface area contributed by atoms with Gasteiger partial charge >= 0.3 is 12.1 Å². The topological polar surface area (TPSA) is 124 Å². The smallest absolute Gasteiger partial charge is 0.411 e. The SMILES string of the molecule is CCOC(=O)Nc1cc(OCCCCCC(=O)OCC(Cl)(Cl)Cl)c(OC)cc1C(=O)N1CCC[C@H]1CO. The van der Waals surface area contributed by atoms with Crippen LogP contribution < -0.4 is 14.8 Å². The highest BCUT2D eigenvalue weighted by atomic mass is 35.6. The average molecular weight is 584 g/mol. The Labute approximate surface area is 231 Å². The van der Waals surface area contributed by atoms with Crippen molar-refractivity contribution in [3.05, 3.63) is 17.7 Å². The standard InChI is InChI=1S/C24H33Cl3N2O8/c1-3-35-23(33)28-18-13-20(36-11-6-4-5-9-21(31)37-15-24(25,26)27)19(34-2)12-17(18)22(32)29-10-7-8-16(29)14-30/h12-13,16,30H,3-11,14-15H2,1-2H3,(H,28,33)/t16-/m0/s1. The van der Waals surface area contributed by atoms with Gasteiger partial charge in [0.1, 0.15) is 6.61 Å². The number of carbonyl (C=O) groups is 3. The minimum Gasteiger partial charge on any atom is -0.493 e. The summed E-state index contributed by atoms with van der Waals surface area (Å²) in [6, 6.07) is 2.73. The molecule has 1 atom stereocenters. The van der Waals surface area contributed by atoms with Crippen molar-refractivity contribution >= 4 is 58.5 Å². The Morgan fingerprint density at radius 3 is 2.54 bits per heavy atom. The van der Waals surface area contributed by atoms with Gasteiger partial charge in [-0.2, -0.15) is 0 Å². The molecule has 2 rings (SSSR count). The Morgan fingerprint density at radius 1 is 1.14 bits per heavy atom. The van der Waals surface area contributed by atoms with Gasteiger partial charge in [0.15, 0.2) is 11.5 Å². The number of esters is 1. The number of alkyl halides is 3. The molecular formula is C24H33Cl3N2O8. The van der Waals surface area contributed by atoms with Gasteiger partial charge in [-0.25, -0.2) is 4.79 Å². The summed E-state index contributed by atoms with van der Waals surface area (Å²) < 4.78 is 19.5. The maximum Gasteiger partial charge on any atom is 0.411 e. The van der Waals surface area contributed by atoms with Gasteiger partial charge in [-0.3, -0.25) is 14.9 Å². The maximum absolute atomic E-state index is 13.3. The number of anilines is 1. The zero-order valence-corrected chi connectivity index (χ0v) is 23.2. The van der Waals surface area contributed by atoms with Crippen LogP contribution in [0.15, 0.2) is 12.1 Å². The second-order valence-electron chi connectivity index (χ2n) is 8.31. The van der Waals surface area contributed by atoms with E-state index < -0.39 is 15.9 Å². The molecule has 1 aromatic carbocycles. The van der Waals surface area contributed by atoms with Crippen LogP contribution in [0, 0.1) is 0 Å². The lowest BCUT2D eigenvalue weighted by atomic mass is 10.1.